The van der Waals surface area contributed by atoms with Crippen LogP contribution in [0.15, 0.2) is 23.4 Å². The van der Waals surface area contributed by atoms with Gasteiger partial charge in [-0.25, -0.2) is 4.98 Å². The topological polar surface area (TPSA) is 24.9 Å². The molecule has 1 aromatic rings. The average Bonchev–Trinajstić information content (AvgIpc) is 2.77. The maximum atomic E-state index is 6.12. The Morgan fingerprint density at radius 2 is 2.41 bits per heavy atom. The second-order valence-corrected chi connectivity index (χ2v) is 6.19. The first kappa shape index (κ1) is 13.2. The summed E-state index contributed by atoms with van der Waals surface area (Å²) in [7, 11) is 0. The third-order valence-corrected chi connectivity index (χ3v) is 4.80. The Labute approximate surface area is 113 Å². The van der Waals surface area contributed by atoms with Crippen LogP contribution >= 0.6 is 23.4 Å². The van der Waals surface area contributed by atoms with Crippen LogP contribution in [0.1, 0.15) is 32.6 Å². The van der Waals surface area contributed by atoms with Crippen LogP contribution < -0.4 is 5.32 Å². The molecule has 1 aliphatic carbocycles. The van der Waals surface area contributed by atoms with Gasteiger partial charge in [-0.05, 0) is 44.4 Å². The van der Waals surface area contributed by atoms with E-state index in [1.165, 1.54) is 25.7 Å². The zero-order valence-electron chi connectivity index (χ0n) is 10.2. The molecule has 2 rings (SSSR count). The normalized spacial score (nSPS) is 24.1. The average molecular weight is 271 g/mol. The predicted molar refractivity (Wildman–Crippen MR) is 74.8 cm³/mol. The van der Waals surface area contributed by atoms with Gasteiger partial charge in [-0.3, -0.25) is 0 Å². The van der Waals surface area contributed by atoms with Crippen molar-refractivity contribution in [3.8, 4) is 0 Å². The molecule has 0 spiro atoms. The summed E-state index contributed by atoms with van der Waals surface area (Å²) in [4.78, 5) is 4.34. The Kier molecular flexibility index (Phi) is 5.14. The van der Waals surface area contributed by atoms with E-state index in [1.54, 1.807) is 0 Å². The minimum atomic E-state index is 0.664. The van der Waals surface area contributed by atoms with Crippen LogP contribution in [-0.4, -0.2) is 22.8 Å². The second kappa shape index (κ2) is 6.62. The SMILES string of the molecule is CCCNC1CCC(Sc2ncccc2Cl)C1. The second-order valence-electron chi connectivity index (χ2n) is 4.49. The van der Waals surface area contributed by atoms with Crippen LogP contribution in [0.3, 0.4) is 0 Å². The Hall–Kier alpha value is -0.250. The lowest BCUT2D eigenvalue weighted by Crippen LogP contribution is -2.27. The molecule has 1 N–H and O–H groups in total. The van der Waals surface area contributed by atoms with E-state index in [4.69, 9.17) is 11.6 Å². The van der Waals surface area contributed by atoms with Gasteiger partial charge in [0.05, 0.1) is 5.02 Å². The zero-order valence-corrected chi connectivity index (χ0v) is 11.7. The number of nitrogens with one attached hydrogen (secondary N) is 1. The Morgan fingerprint density at radius 1 is 1.53 bits per heavy atom. The number of thioether (sulfide) groups is 1. The first-order chi connectivity index (χ1) is 8.29. The van der Waals surface area contributed by atoms with Crippen molar-refractivity contribution in [2.75, 3.05) is 6.54 Å². The zero-order chi connectivity index (χ0) is 12.1. The quantitative estimate of drug-likeness (QED) is 0.882. The third kappa shape index (κ3) is 3.87. The molecule has 1 aromatic heterocycles. The smallest absolute Gasteiger partial charge is 0.115 e. The van der Waals surface area contributed by atoms with E-state index in [2.05, 4.69) is 17.2 Å². The van der Waals surface area contributed by atoms with E-state index in [0.717, 1.165) is 16.6 Å². The molecule has 1 heterocycles. The molecule has 0 amide bonds. The summed E-state index contributed by atoms with van der Waals surface area (Å²) in [6.07, 6.45) is 6.80. The molecule has 17 heavy (non-hydrogen) atoms. The molecule has 0 saturated heterocycles. The van der Waals surface area contributed by atoms with Crippen LogP contribution in [-0.2, 0) is 0 Å². The van der Waals surface area contributed by atoms with Gasteiger partial charge in [0.1, 0.15) is 5.03 Å². The largest absolute Gasteiger partial charge is 0.314 e. The molecule has 2 atom stereocenters. The number of hydrogen-bond donors (Lipinski definition) is 1. The van der Waals surface area contributed by atoms with Crippen LogP contribution in [0.4, 0.5) is 0 Å². The molecule has 0 radical (unpaired) electrons. The minimum Gasteiger partial charge on any atom is -0.314 e. The third-order valence-electron chi connectivity index (χ3n) is 3.07. The fourth-order valence-corrected chi connectivity index (χ4v) is 3.65. The van der Waals surface area contributed by atoms with Crippen molar-refractivity contribution in [2.24, 2.45) is 0 Å². The summed E-state index contributed by atoms with van der Waals surface area (Å²) < 4.78 is 0. The molecule has 1 fully saturated rings. The number of hydrogen-bond acceptors (Lipinski definition) is 3. The van der Waals surface area contributed by atoms with Crippen LogP contribution in [0.5, 0.6) is 0 Å². The number of halogens is 1. The summed E-state index contributed by atoms with van der Waals surface area (Å²) in [6, 6.07) is 4.49. The summed E-state index contributed by atoms with van der Waals surface area (Å²) in [5.74, 6) is 0. The van der Waals surface area contributed by atoms with Crippen molar-refractivity contribution in [3.05, 3.63) is 23.4 Å². The van der Waals surface area contributed by atoms with Crippen LogP contribution in [0.2, 0.25) is 5.02 Å². The molecule has 2 nitrogen and oxygen atoms in total. The highest BCUT2D eigenvalue weighted by molar-refractivity contribution is 8.00. The van der Waals surface area contributed by atoms with Crippen molar-refractivity contribution in [3.63, 3.8) is 0 Å². The molecule has 94 valence electrons. The van der Waals surface area contributed by atoms with Crippen molar-refractivity contribution in [1.29, 1.82) is 0 Å². The van der Waals surface area contributed by atoms with E-state index >= 15 is 0 Å². The Bertz CT molecular complexity index is 359. The first-order valence-electron chi connectivity index (χ1n) is 6.30. The number of rotatable bonds is 5. The summed E-state index contributed by atoms with van der Waals surface area (Å²) >= 11 is 7.96. The van der Waals surface area contributed by atoms with Crippen LogP contribution in [0, 0.1) is 0 Å². The number of aromatic nitrogens is 1. The molecule has 0 aliphatic heterocycles. The van der Waals surface area contributed by atoms with E-state index in [1.807, 2.05) is 30.1 Å². The maximum Gasteiger partial charge on any atom is 0.115 e. The van der Waals surface area contributed by atoms with Gasteiger partial charge in [0.25, 0.3) is 0 Å². The van der Waals surface area contributed by atoms with Crippen molar-refractivity contribution in [2.45, 2.75) is 48.9 Å². The Balaban J connectivity index is 1.83. The van der Waals surface area contributed by atoms with Gasteiger partial charge in [0, 0.05) is 17.5 Å². The van der Waals surface area contributed by atoms with E-state index < -0.39 is 0 Å². The predicted octanol–water partition coefficient (Wildman–Crippen LogP) is 3.75. The molecule has 1 aliphatic rings. The van der Waals surface area contributed by atoms with Gasteiger partial charge >= 0.3 is 0 Å². The molecule has 0 aromatic carbocycles. The fraction of sp³-hybridized carbons (Fsp3) is 0.615. The Morgan fingerprint density at radius 3 is 3.18 bits per heavy atom. The lowest BCUT2D eigenvalue weighted by atomic mass is 10.2. The van der Waals surface area contributed by atoms with Gasteiger partial charge in [0.2, 0.25) is 0 Å². The van der Waals surface area contributed by atoms with Gasteiger partial charge in [-0.1, -0.05) is 18.5 Å². The summed E-state index contributed by atoms with van der Waals surface area (Å²) in [6.45, 7) is 3.34. The highest BCUT2D eigenvalue weighted by Gasteiger charge is 2.25. The van der Waals surface area contributed by atoms with Crippen molar-refractivity contribution >= 4 is 23.4 Å². The molecule has 0 bridgehead atoms. The van der Waals surface area contributed by atoms with Gasteiger partial charge in [0.15, 0.2) is 0 Å². The summed E-state index contributed by atoms with van der Waals surface area (Å²) in [5, 5.41) is 6.02. The number of pyridine rings is 1. The van der Waals surface area contributed by atoms with E-state index in [9.17, 15) is 0 Å². The first-order valence-corrected chi connectivity index (χ1v) is 7.56. The molecular formula is C13H19ClN2S. The maximum absolute atomic E-state index is 6.12. The van der Waals surface area contributed by atoms with Crippen molar-refractivity contribution in [1.82, 2.24) is 10.3 Å². The fourth-order valence-electron chi connectivity index (χ4n) is 2.20. The molecule has 1 saturated carbocycles. The molecule has 2 unspecified atom stereocenters. The monoisotopic (exact) mass is 270 g/mol. The van der Waals surface area contributed by atoms with Gasteiger partial charge in [-0.2, -0.15) is 0 Å². The van der Waals surface area contributed by atoms with E-state index in [-0.39, 0.29) is 0 Å². The lowest BCUT2D eigenvalue weighted by molar-refractivity contribution is 0.524. The lowest BCUT2D eigenvalue weighted by Gasteiger charge is -2.12. The number of nitrogens with zero attached hydrogens (tertiary/aromatic N) is 1. The standard InChI is InChI=1S/C13H19ClN2S/c1-2-7-15-10-5-6-11(9-10)17-13-12(14)4-3-8-16-13/h3-4,8,10-11,15H,2,5-7,9H2,1H3. The van der Waals surface area contributed by atoms with Gasteiger partial charge < -0.3 is 5.32 Å². The highest BCUT2D eigenvalue weighted by Crippen LogP contribution is 2.36. The highest BCUT2D eigenvalue weighted by atomic mass is 35.5. The van der Waals surface area contributed by atoms with Crippen LogP contribution in [0.25, 0.3) is 0 Å². The van der Waals surface area contributed by atoms with Gasteiger partial charge in [-0.15, -0.1) is 11.8 Å². The molecular weight excluding hydrogens is 252 g/mol. The van der Waals surface area contributed by atoms with E-state index in [0.29, 0.717) is 11.3 Å². The van der Waals surface area contributed by atoms with Crippen molar-refractivity contribution < 1.29 is 0 Å². The molecule has 4 heteroatoms. The summed E-state index contributed by atoms with van der Waals surface area (Å²) in [5.41, 5.74) is 0. The minimum absolute atomic E-state index is 0.664.